The summed E-state index contributed by atoms with van der Waals surface area (Å²) < 4.78 is 6.88. The smallest absolute Gasteiger partial charge is 0.305 e. The number of nitrogens with zero attached hydrogens (tertiary/aromatic N) is 2. The second-order valence-corrected chi connectivity index (χ2v) is 7.73. The Morgan fingerprint density at radius 3 is 2.81 bits per heavy atom. The molecule has 146 valence electrons. The average molecular weight is 380 g/mol. The fourth-order valence-corrected chi connectivity index (χ4v) is 3.92. The molecule has 1 fully saturated rings. The number of hydrogen-bond donors (Lipinski definition) is 1. The Labute approximate surface area is 163 Å². The zero-order valence-corrected chi connectivity index (χ0v) is 17.2. The van der Waals surface area contributed by atoms with Crippen molar-refractivity contribution < 1.29 is 9.53 Å². The first-order valence-electron chi connectivity index (χ1n) is 9.75. The van der Waals surface area contributed by atoms with Crippen LogP contribution in [0.4, 0.5) is 0 Å². The van der Waals surface area contributed by atoms with Crippen molar-refractivity contribution in [3.63, 3.8) is 0 Å². The molecule has 26 heavy (non-hydrogen) atoms. The van der Waals surface area contributed by atoms with Gasteiger partial charge in [0.25, 0.3) is 0 Å². The van der Waals surface area contributed by atoms with Gasteiger partial charge < -0.3 is 19.5 Å². The molecule has 0 aromatic carbocycles. The van der Waals surface area contributed by atoms with E-state index in [0.717, 1.165) is 49.8 Å². The monoisotopic (exact) mass is 379 g/mol. The maximum Gasteiger partial charge on any atom is 0.305 e. The molecule has 2 heterocycles. The molecule has 0 aliphatic carbocycles. The number of carbonyl (C=O) groups excluding carboxylic acids is 1. The molecule has 6 heteroatoms. The highest BCUT2D eigenvalue weighted by molar-refractivity contribution is 7.80. The number of likely N-dealkylation sites (tertiary alicyclic amines) is 1. The largest absolute Gasteiger partial charge is 0.469 e. The molecule has 1 aliphatic rings. The van der Waals surface area contributed by atoms with E-state index in [1.165, 1.54) is 25.6 Å². The number of hydrogen-bond acceptors (Lipinski definition) is 3. The van der Waals surface area contributed by atoms with Gasteiger partial charge in [-0.1, -0.05) is 13.3 Å². The Hall–Kier alpha value is -1.56. The van der Waals surface area contributed by atoms with E-state index in [-0.39, 0.29) is 5.97 Å². The summed E-state index contributed by atoms with van der Waals surface area (Å²) in [7, 11) is 3.55. The standard InChI is InChI=1S/C20H33N3O2S/c1-16-10-11-18(17-8-7-14-22(17)2)23(15-12-16)20(26)21-13-6-4-5-9-19(24)25-3/h7-8,14,16,18H,4-6,9-13,15H2,1-3H3,(H,21,26)/t16-,18-/m0/s1. The van der Waals surface area contributed by atoms with E-state index >= 15 is 0 Å². The summed E-state index contributed by atoms with van der Waals surface area (Å²) in [6.45, 7) is 4.19. The average Bonchev–Trinajstić information content (AvgIpc) is 2.95. The van der Waals surface area contributed by atoms with E-state index in [9.17, 15) is 4.79 Å². The lowest BCUT2D eigenvalue weighted by Gasteiger charge is -2.33. The minimum absolute atomic E-state index is 0.127. The van der Waals surface area contributed by atoms with Crippen LogP contribution in [-0.2, 0) is 16.6 Å². The Morgan fingerprint density at radius 1 is 1.31 bits per heavy atom. The molecule has 0 bridgehead atoms. The minimum Gasteiger partial charge on any atom is -0.469 e. The van der Waals surface area contributed by atoms with Gasteiger partial charge in [-0.3, -0.25) is 4.79 Å². The second-order valence-electron chi connectivity index (χ2n) is 7.34. The summed E-state index contributed by atoms with van der Waals surface area (Å²) in [5.74, 6) is 0.612. The van der Waals surface area contributed by atoms with Crippen molar-refractivity contribution in [2.45, 2.75) is 57.9 Å². The molecule has 0 spiro atoms. The lowest BCUT2D eigenvalue weighted by Crippen LogP contribution is -2.42. The van der Waals surface area contributed by atoms with Crippen molar-refractivity contribution in [3.05, 3.63) is 24.0 Å². The molecule has 5 nitrogen and oxygen atoms in total. The molecule has 2 atom stereocenters. The molecule has 1 saturated heterocycles. The minimum atomic E-state index is -0.127. The Balaban J connectivity index is 1.85. The molecular weight excluding hydrogens is 346 g/mol. The zero-order valence-electron chi connectivity index (χ0n) is 16.4. The maximum absolute atomic E-state index is 11.1. The van der Waals surface area contributed by atoms with Crippen LogP contribution >= 0.6 is 12.2 Å². The van der Waals surface area contributed by atoms with Crippen LogP contribution in [-0.4, -0.2) is 40.7 Å². The highest BCUT2D eigenvalue weighted by atomic mass is 32.1. The zero-order chi connectivity index (χ0) is 18.9. The van der Waals surface area contributed by atoms with Crippen LogP contribution in [0.5, 0.6) is 0 Å². The Morgan fingerprint density at radius 2 is 2.12 bits per heavy atom. The van der Waals surface area contributed by atoms with Gasteiger partial charge in [0, 0.05) is 38.4 Å². The molecule has 2 rings (SSSR count). The van der Waals surface area contributed by atoms with E-state index in [1.807, 2.05) is 0 Å². The topological polar surface area (TPSA) is 46.5 Å². The van der Waals surface area contributed by atoms with Crippen molar-refractivity contribution in [1.82, 2.24) is 14.8 Å². The van der Waals surface area contributed by atoms with Gasteiger partial charge in [-0.25, -0.2) is 0 Å². The molecule has 0 unspecified atom stereocenters. The Bertz CT molecular complexity index is 587. The highest BCUT2D eigenvalue weighted by Gasteiger charge is 2.28. The van der Waals surface area contributed by atoms with Gasteiger partial charge in [-0.05, 0) is 62.4 Å². The molecule has 1 aromatic rings. The number of methoxy groups -OCH3 is 1. The third-order valence-electron chi connectivity index (χ3n) is 5.32. The third kappa shape index (κ3) is 6.01. The molecule has 0 radical (unpaired) electrons. The quantitative estimate of drug-likeness (QED) is 0.444. The summed E-state index contributed by atoms with van der Waals surface area (Å²) in [5.41, 5.74) is 1.33. The number of thiocarbonyl (C=S) groups is 1. The summed E-state index contributed by atoms with van der Waals surface area (Å²) >= 11 is 5.74. The third-order valence-corrected chi connectivity index (χ3v) is 5.70. The number of rotatable bonds is 7. The predicted molar refractivity (Wildman–Crippen MR) is 109 cm³/mol. The number of nitrogens with one attached hydrogen (secondary N) is 1. The van der Waals surface area contributed by atoms with Crippen LogP contribution in [0.15, 0.2) is 18.3 Å². The molecular formula is C20H33N3O2S. The summed E-state index contributed by atoms with van der Waals surface area (Å²) in [6.07, 6.45) is 9.05. The first kappa shape index (κ1) is 20.7. The SMILES string of the molecule is COC(=O)CCCCCNC(=S)N1CC[C@@H](C)CC[C@H]1c1cccn1C. The van der Waals surface area contributed by atoms with Gasteiger partial charge >= 0.3 is 5.97 Å². The lowest BCUT2D eigenvalue weighted by molar-refractivity contribution is -0.140. The predicted octanol–water partition coefficient (Wildman–Crippen LogP) is 3.80. The van der Waals surface area contributed by atoms with Gasteiger partial charge in [0.05, 0.1) is 13.2 Å². The van der Waals surface area contributed by atoms with Gasteiger partial charge in [-0.2, -0.15) is 0 Å². The maximum atomic E-state index is 11.1. The Kier molecular flexibility index (Phi) is 8.42. The normalized spacial score (nSPS) is 20.5. The van der Waals surface area contributed by atoms with E-state index < -0.39 is 0 Å². The van der Waals surface area contributed by atoms with Crippen molar-refractivity contribution in [2.24, 2.45) is 13.0 Å². The first-order valence-corrected chi connectivity index (χ1v) is 10.2. The summed E-state index contributed by atoms with van der Waals surface area (Å²) in [5, 5.41) is 4.30. The van der Waals surface area contributed by atoms with E-state index in [2.05, 4.69) is 51.8 Å². The molecule has 0 amide bonds. The van der Waals surface area contributed by atoms with Gasteiger partial charge in [0.15, 0.2) is 5.11 Å². The van der Waals surface area contributed by atoms with Crippen molar-refractivity contribution in [3.8, 4) is 0 Å². The van der Waals surface area contributed by atoms with Crippen LogP contribution in [0, 0.1) is 5.92 Å². The number of aromatic nitrogens is 1. The van der Waals surface area contributed by atoms with E-state index in [0.29, 0.717) is 12.5 Å². The molecule has 1 aliphatic heterocycles. The van der Waals surface area contributed by atoms with Crippen LogP contribution in [0.25, 0.3) is 0 Å². The fraction of sp³-hybridized carbons (Fsp3) is 0.700. The summed E-state index contributed by atoms with van der Waals surface area (Å²) in [6, 6.07) is 4.67. The van der Waals surface area contributed by atoms with Gasteiger partial charge in [-0.15, -0.1) is 0 Å². The van der Waals surface area contributed by atoms with Crippen LogP contribution in [0.3, 0.4) is 0 Å². The number of esters is 1. The first-order chi connectivity index (χ1) is 12.5. The highest BCUT2D eigenvalue weighted by Crippen LogP contribution is 2.32. The number of aryl methyl sites for hydroxylation is 1. The van der Waals surface area contributed by atoms with Crippen molar-refractivity contribution in [2.75, 3.05) is 20.2 Å². The fourth-order valence-electron chi connectivity index (χ4n) is 3.60. The van der Waals surface area contributed by atoms with Gasteiger partial charge in [0.1, 0.15) is 0 Å². The number of unbranched alkanes of at least 4 members (excludes halogenated alkanes) is 2. The number of ether oxygens (including phenoxy) is 1. The second kappa shape index (κ2) is 10.6. The number of carbonyl (C=O) groups is 1. The van der Waals surface area contributed by atoms with E-state index in [1.54, 1.807) is 0 Å². The molecule has 1 N–H and O–H groups in total. The van der Waals surface area contributed by atoms with Crippen molar-refractivity contribution >= 4 is 23.3 Å². The lowest BCUT2D eigenvalue weighted by atomic mass is 10.0. The summed E-state index contributed by atoms with van der Waals surface area (Å²) in [4.78, 5) is 13.5. The van der Waals surface area contributed by atoms with Crippen LogP contribution in [0.1, 0.15) is 63.6 Å². The van der Waals surface area contributed by atoms with Crippen LogP contribution in [0.2, 0.25) is 0 Å². The van der Waals surface area contributed by atoms with Crippen molar-refractivity contribution in [1.29, 1.82) is 0 Å². The van der Waals surface area contributed by atoms with E-state index in [4.69, 9.17) is 12.2 Å². The van der Waals surface area contributed by atoms with Gasteiger partial charge in [0.2, 0.25) is 0 Å². The van der Waals surface area contributed by atoms with Crippen LogP contribution < -0.4 is 5.32 Å². The molecule has 1 aromatic heterocycles. The molecule has 0 saturated carbocycles.